The highest BCUT2D eigenvalue weighted by molar-refractivity contribution is 7.92. The molecule has 3 aromatic rings. The van der Waals surface area contributed by atoms with E-state index in [0.29, 0.717) is 22.3 Å². The van der Waals surface area contributed by atoms with Gasteiger partial charge in [0.15, 0.2) is 11.5 Å². The van der Waals surface area contributed by atoms with Crippen molar-refractivity contribution in [2.75, 3.05) is 15.8 Å². The Labute approximate surface area is 158 Å². The van der Waals surface area contributed by atoms with Crippen LogP contribution in [0.1, 0.15) is 25.6 Å². The quantitative estimate of drug-likeness (QED) is 0.614. The van der Waals surface area contributed by atoms with E-state index in [1.54, 1.807) is 24.3 Å². The molecule has 1 aromatic carbocycles. The lowest BCUT2D eigenvalue weighted by Gasteiger charge is -2.10. The molecular formula is C16H17F3N6O2S. The van der Waals surface area contributed by atoms with Crippen molar-refractivity contribution in [1.29, 1.82) is 0 Å². The number of benzene rings is 1. The van der Waals surface area contributed by atoms with E-state index in [-0.39, 0.29) is 17.2 Å². The maximum Gasteiger partial charge on any atom is 0.453 e. The fraction of sp³-hybridized carbons (Fsp3) is 0.312. The predicted molar refractivity (Wildman–Crippen MR) is 97.8 cm³/mol. The maximum atomic E-state index is 12.9. The molecular weight excluding hydrogens is 397 g/mol. The average molecular weight is 414 g/mol. The van der Waals surface area contributed by atoms with Crippen LogP contribution in [0, 0.1) is 0 Å². The van der Waals surface area contributed by atoms with Gasteiger partial charge < -0.3 is 5.32 Å². The minimum Gasteiger partial charge on any atom is -0.339 e. The molecule has 0 aliphatic rings. The van der Waals surface area contributed by atoms with Gasteiger partial charge in [-0.15, -0.1) is 15.3 Å². The van der Waals surface area contributed by atoms with Crippen molar-refractivity contribution in [3.8, 4) is 0 Å². The monoisotopic (exact) mass is 414 g/mol. The Morgan fingerprint density at radius 3 is 2.36 bits per heavy atom. The summed E-state index contributed by atoms with van der Waals surface area (Å²) in [7, 11) is -3.41. The van der Waals surface area contributed by atoms with E-state index in [0.717, 1.165) is 6.42 Å². The molecule has 2 aromatic heterocycles. The van der Waals surface area contributed by atoms with Crippen LogP contribution < -0.4 is 10.0 Å². The van der Waals surface area contributed by atoms with Gasteiger partial charge in [-0.3, -0.25) is 4.72 Å². The molecule has 8 nitrogen and oxygen atoms in total. The third kappa shape index (κ3) is 4.68. The molecule has 0 spiro atoms. The number of halogens is 3. The van der Waals surface area contributed by atoms with Crippen molar-refractivity contribution in [2.24, 2.45) is 0 Å². The molecule has 12 heteroatoms. The van der Waals surface area contributed by atoms with E-state index >= 15 is 0 Å². The average Bonchev–Trinajstić information content (AvgIpc) is 3.05. The largest absolute Gasteiger partial charge is 0.453 e. The third-order valence-electron chi connectivity index (χ3n) is 3.71. The van der Waals surface area contributed by atoms with Gasteiger partial charge in [0, 0.05) is 11.4 Å². The van der Waals surface area contributed by atoms with Gasteiger partial charge >= 0.3 is 6.18 Å². The minimum atomic E-state index is -4.68. The molecule has 150 valence electrons. The lowest BCUT2D eigenvalue weighted by molar-refractivity contribution is -0.146. The summed E-state index contributed by atoms with van der Waals surface area (Å²) in [6.45, 7) is 1.90. The lowest BCUT2D eigenvalue weighted by atomic mass is 10.3. The van der Waals surface area contributed by atoms with Crippen LogP contribution in [0.3, 0.4) is 0 Å². The number of unbranched alkanes of at least 4 members (excludes halogenated alkanes) is 1. The van der Waals surface area contributed by atoms with E-state index in [9.17, 15) is 21.6 Å². The molecule has 3 rings (SSSR count). The van der Waals surface area contributed by atoms with Crippen LogP contribution in [0.15, 0.2) is 36.4 Å². The Bertz CT molecular complexity index is 1060. The Morgan fingerprint density at radius 1 is 1.04 bits per heavy atom. The molecule has 0 radical (unpaired) electrons. The predicted octanol–water partition coefficient (Wildman–Crippen LogP) is 3.43. The summed E-state index contributed by atoms with van der Waals surface area (Å²) in [5.41, 5.74) is 0.878. The Kier molecular flexibility index (Phi) is 5.40. The number of hydrogen-bond donors (Lipinski definition) is 2. The van der Waals surface area contributed by atoms with Crippen molar-refractivity contribution in [2.45, 2.75) is 25.9 Å². The van der Waals surface area contributed by atoms with Gasteiger partial charge in [0.05, 0.1) is 5.75 Å². The van der Waals surface area contributed by atoms with Crippen LogP contribution >= 0.6 is 0 Å². The van der Waals surface area contributed by atoms with Crippen LogP contribution in [0.4, 0.5) is 30.4 Å². The van der Waals surface area contributed by atoms with Crippen LogP contribution in [0.2, 0.25) is 0 Å². The van der Waals surface area contributed by atoms with Crippen LogP contribution in [0.25, 0.3) is 5.65 Å². The van der Waals surface area contributed by atoms with E-state index in [4.69, 9.17) is 0 Å². The molecule has 0 bridgehead atoms. The van der Waals surface area contributed by atoms with E-state index in [1.165, 1.54) is 12.1 Å². The summed E-state index contributed by atoms with van der Waals surface area (Å²) in [5.74, 6) is -1.04. The molecule has 2 heterocycles. The Hall–Kier alpha value is -2.89. The Balaban J connectivity index is 1.75. The topological polar surface area (TPSA) is 101 Å². The van der Waals surface area contributed by atoms with E-state index in [1.807, 2.05) is 6.92 Å². The molecule has 0 atom stereocenters. The van der Waals surface area contributed by atoms with Gasteiger partial charge in [0.1, 0.15) is 0 Å². The standard InChI is InChI=1S/C16H17F3N6O2S/c1-2-3-10-28(26,27)24-12-6-4-11(5-7-12)20-13-8-9-14-21-22-15(16(17,18)19)25(14)23-13/h4-9,24H,2-3,10H2,1H3,(H,20,23). The molecule has 0 aliphatic heterocycles. The first kappa shape index (κ1) is 19.9. The first-order valence-corrected chi connectivity index (χ1v) is 10.0. The summed E-state index contributed by atoms with van der Waals surface area (Å²) < 4.78 is 65.7. The molecule has 2 N–H and O–H groups in total. The first-order valence-electron chi connectivity index (χ1n) is 8.35. The number of alkyl halides is 3. The number of nitrogens with one attached hydrogen (secondary N) is 2. The second-order valence-corrected chi connectivity index (χ2v) is 7.83. The smallest absolute Gasteiger partial charge is 0.339 e. The van der Waals surface area contributed by atoms with Gasteiger partial charge in [-0.05, 0) is 42.8 Å². The molecule has 0 unspecified atom stereocenters. The second-order valence-electron chi connectivity index (χ2n) is 5.99. The van der Waals surface area contributed by atoms with E-state index in [2.05, 4.69) is 25.3 Å². The van der Waals surface area contributed by atoms with Crippen molar-refractivity contribution < 1.29 is 21.6 Å². The second kappa shape index (κ2) is 7.62. The number of sulfonamides is 1. The maximum absolute atomic E-state index is 12.9. The van der Waals surface area contributed by atoms with Gasteiger partial charge in [-0.25, -0.2) is 8.42 Å². The number of aromatic nitrogens is 4. The van der Waals surface area contributed by atoms with Crippen molar-refractivity contribution in [3.63, 3.8) is 0 Å². The minimum absolute atomic E-state index is 0.0327. The normalized spacial score (nSPS) is 12.3. The number of anilines is 3. The van der Waals surface area contributed by atoms with Gasteiger partial charge in [-0.1, -0.05) is 13.3 Å². The van der Waals surface area contributed by atoms with Crippen molar-refractivity contribution in [1.82, 2.24) is 19.8 Å². The van der Waals surface area contributed by atoms with E-state index < -0.39 is 22.0 Å². The van der Waals surface area contributed by atoms with Crippen LogP contribution in [-0.4, -0.2) is 34.0 Å². The van der Waals surface area contributed by atoms with Crippen molar-refractivity contribution >= 4 is 32.9 Å². The molecule has 0 saturated heterocycles. The van der Waals surface area contributed by atoms with Gasteiger partial charge in [0.2, 0.25) is 10.0 Å². The zero-order valence-corrected chi connectivity index (χ0v) is 15.5. The molecule has 28 heavy (non-hydrogen) atoms. The number of nitrogens with zero attached hydrogens (tertiary/aromatic N) is 4. The third-order valence-corrected chi connectivity index (χ3v) is 5.09. The summed E-state index contributed by atoms with van der Waals surface area (Å²) in [6, 6.07) is 9.08. The number of fused-ring (bicyclic) bond motifs is 1. The zero-order chi connectivity index (χ0) is 20.4. The molecule has 0 saturated carbocycles. The fourth-order valence-electron chi connectivity index (χ4n) is 2.37. The molecule has 0 aliphatic carbocycles. The summed E-state index contributed by atoms with van der Waals surface area (Å²) in [4.78, 5) is 0. The van der Waals surface area contributed by atoms with Gasteiger partial charge in [-0.2, -0.15) is 17.7 Å². The summed E-state index contributed by atoms with van der Waals surface area (Å²) in [5, 5.41) is 13.3. The van der Waals surface area contributed by atoms with Gasteiger partial charge in [0.25, 0.3) is 5.82 Å². The number of rotatable bonds is 7. The molecule has 0 fully saturated rings. The lowest BCUT2D eigenvalue weighted by Crippen LogP contribution is -2.16. The first-order chi connectivity index (χ1) is 13.2. The number of hydrogen-bond acceptors (Lipinski definition) is 6. The van der Waals surface area contributed by atoms with Crippen LogP contribution in [-0.2, 0) is 16.2 Å². The highest BCUT2D eigenvalue weighted by Gasteiger charge is 2.37. The summed E-state index contributed by atoms with van der Waals surface area (Å²) >= 11 is 0. The SMILES string of the molecule is CCCCS(=O)(=O)Nc1ccc(Nc2ccc3nnc(C(F)(F)F)n3n2)cc1. The van der Waals surface area contributed by atoms with Crippen LogP contribution in [0.5, 0.6) is 0 Å². The fourth-order valence-corrected chi connectivity index (χ4v) is 3.63. The van der Waals surface area contributed by atoms with Crippen molar-refractivity contribution in [3.05, 3.63) is 42.2 Å². The molecule has 0 amide bonds. The zero-order valence-electron chi connectivity index (χ0n) is 14.7. The highest BCUT2D eigenvalue weighted by atomic mass is 32.2. The Morgan fingerprint density at radius 2 is 1.71 bits per heavy atom. The summed E-state index contributed by atoms with van der Waals surface area (Å²) in [6.07, 6.45) is -3.35. The highest BCUT2D eigenvalue weighted by Crippen LogP contribution is 2.28.